The summed E-state index contributed by atoms with van der Waals surface area (Å²) in [5.74, 6) is 0.585. The first-order chi connectivity index (χ1) is 10.1. The summed E-state index contributed by atoms with van der Waals surface area (Å²) >= 11 is 0. The van der Waals surface area contributed by atoms with Gasteiger partial charge in [-0.3, -0.25) is 4.79 Å². The first kappa shape index (κ1) is 14.3. The molecule has 1 aromatic heterocycles. The van der Waals surface area contributed by atoms with Crippen LogP contribution in [0.3, 0.4) is 0 Å². The fourth-order valence-electron chi connectivity index (χ4n) is 2.62. The van der Waals surface area contributed by atoms with Crippen LogP contribution in [0.15, 0.2) is 23.2 Å². The van der Waals surface area contributed by atoms with Gasteiger partial charge in [0.2, 0.25) is 15.9 Å². The van der Waals surface area contributed by atoms with Crippen molar-refractivity contribution in [3.05, 3.63) is 18.3 Å². The maximum Gasteiger partial charge on any atom is 0.244 e. The quantitative estimate of drug-likeness (QED) is 0.836. The number of amides is 1. The average Bonchev–Trinajstić information content (AvgIpc) is 3.02. The fraction of sp³-hybridized carbons (Fsp3) is 0.538. The predicted octanol–water partition coefficient (Wildman–Crippen LogP) is -0.198. The van der Waals surface area contributed by atoms with E-state index in [0.717, 1.165) is 12.8 Å². The molecule has 0 saturated carbocycles. The van der Waals surface area contributed by atoms with Crippen LogP contribution in [-0.4, -0.2) is 56.3 Å². The van der Waals surface area contributed by atoms with Crippen molar-refractivity contribution in [1.82, 2.24) is 14.6 Å². The Bertz CT molecular complexity index is 623. The van der Waals surface area contributed by atoms with E-state index in [1.165, 1.54) is 10.5 Å². The second-order valence-electron chi connectivity index (χ2n) is 5.23. The molecule has 0 aromatic carbocycles. The van der Waals surface area contributed by atoms with Crippen molar-refractivity contribution < 1.29 is 13.2 Å². The van der Waals surface area contributed by atoms with Crippen LogP contribution in [0.25, 0.3) is 0 Å². The summed E-state index contributed by atoms with van der Waals surface area (Å²) < 4.78 is 26.3. The molecule has 114 valence electrons. The van der Waals surface area contributed by atoms with E-state index in [9.17, 15) is 13.2 Å². The van der Waals surface area contributed by atoms with E-state index < -0.39 is 10.0 Å². The van der Waals surface area contributed by atoms with Crippen molar-refractivity contribution >= 4 is 21.7 Å². The van der Waals surface area contributed by atoms with Gasteiger partial charge < -0.3 is 10.2 Å². The molecule has 1 N–H and O–H groups in total. The van der Waals surface area contributed by atoms with Crippen LogP contribution in [0.4, 0.5) is 5.82 Å². The molecule has 8 heteroatoms. The Labute approximate surface area is 124 Å². The number of hydrogen-bond donors (Lipinski definition) is 1. The Morgan fingerprint density at radius 3 is 2.52 bits per heavy atom. The molecule has 2 aliphatic rings. The lowest BCUT2D eigenvalue weighted by Gasteiger charge is -2.27. The van der Waals surface area contributed by atoms with Gasteiger partial charge in [-0.1, -0.05) is 0 Å². The third-order valence-electron chi connectivity index (χ3n) is 3.79. The first-order valence-corrected chi connectivity index (χ1v) is 8.49. The van der Waals surface area contributed by atoms with Crippen LogP contribution in [-0.2, 0) is 14.8 Å². The Morgan fingerprint density at radius 2 is 1.90 bits per heavy atom. The number of anilines is 1. The minimum atomic E-state index is -3.42. The van der Waals surface area contributed by atoms with Gasteiger partial charge >= 0.3 is 0 Å². The van der Waals surface area contributed by atoms with E-state index in [1.54, 1.807) is 12.1 Å². The molecule has 0 spiro atoms. The molecule has 0 bridgehead atoms. The van der Waals surface area contributed by atoms with Gasteiger partial charge in [-0.2, -0.15) is 4.31 Å². The Hall–Kier alpha value is -1.67. The van der Waals surface area contributed by atoms with E-state index >= 15 is 0 Å². The minimum absolute atomic E-state index is 0.0446. The van der Waals surface area contributed by atoms with Crippen LogP contribution in [0.2, 0.25) is 0 Å². The maximum atomic E-state index is 12.4. The summed E-state index contributed by atoms with van der Waals surface area (Å²) in [7, 11) is -3.42. The summed E-state index contributed by atoms with van der Waals surface area (Å²) in [4.78, 5) is 17.6. The van der Waals surface area contributed by atoms with Crippen LogP contribution < -0.4 is 10.2 Å². The third-order valence-corrected chi connectivity index (χ3v) is 5.67. The van der Waals surface area contributed by atoms with Gasteiger partial charge in [-0.15, -0.1) is 0 Å². The zero-order chi connectivity index (χ0) is 14.9. The minimum Gasteiger partial charge on any atom is -0.353 e. The van der Waals surface area contributed by atoms with E-state index in [0.29, 0.717) is 32.0 Å². The number of piperazine rings is 1. The number of nitrogens with zero attached hydrogens (tertiary/aromatic N) is 3. The number of pyridine rings is 1. The zero-order valence-electron chi connectivity index (χ0n) is 11.7. The largest absolute Gasteiger partial charge is 0.353 e. The smallest absolute Gasteiger partial charge is 0.244 e. The molecular weight excluding hydrogens is 292 g/mol. The first-order valence-electron chi connectivity index (χ1n) is 7.05. The number of carbonyl (C=O) groups excluding carboxylic acids is 1. The van der Waals surface area contributed by atoms with Gasteiger partial charge in [0.15, 0.2) is 0 Å². The fourth-order valence-corrected chi connectivity index (χ4v) is 4.09. The second kappa shape index (κ2) is 5.61. The number of hydrogen-bond acceptors (Lipinski definition) is 5. The highest BCUT2D eigenvalue weighted by molar-refractivity contribution is 7.89. The number of aromatic nitrogens is 1. The molecule has 0 radical (unpaired) electrons. The van der Waals surface area contributed by atoms with Gasteiger partial charge in [-0.25, -0.2) is 13.4 Å². The highest BCUT2D eigenvalue weighted by Gasteiger charge is 2.27. The second-order valence-corrected chi connectivity index (χ2v) is 7.17. The molecule has 2 fully saturated rings. The van der Waals surface area contributed by atoms with Gasteiger partial charge in [0.25, 0.3) is 0 Å². The molecule has 2 saturated heterocycles. The highest BCUT2D eigenvalue weighted by Crippen LogP contribution is 2.22. The lowest BCUT2D eigenvalue weighted by atomic mass is 10.3. The van der Waals surface area contributed by atoms with Gasteiger partial charge in [-0.05, 0) is 25.0 Å². The van der Waals surface area contributed by atoms with Gasteiger partial charge in [0, 0.05) is 32.4 Å². The summed E-state index contributed by atoms with van der Waals surface area (Å²) in [5.41, 5.74) is 0. The number of rotatable bonds is 3. The SMILES string of the molecule is O=C1CN(c2ccc(S(=O)(=O)N3CCCC3)cn2)CCN1. The van der Waals surface area contributed by atoms with E-state index in [-0.39, 0.29) is 17.3 Å². The normalized spacial score (nSPS) is 20.6. The van der Waals surface area contributed by atoms with E-state index in [2.05, 4.69) is 10.3 Å². The lowest BCUT2D eigenvalue weighted by molar-refractivity contribution is -0.120. The van der Waals surface area contributed by atoms with Gasteiger partial charge in [0.05, 0.1) is 6.54 Å². The molecular formula is C13H18N4O3S. The summed E-state index contributed by atoms with van der Waals surface area (Å²) in [6, 6.07) is 3.24. The number of nitrogens with one attached hydrogen (secondary N) is 1. The average molecular weight is 310 g/mol. The zero-order valence-corrected chi connectivity index (χ0v) is 12.5. The third kappa shape index (κ3) is 2.86. The molecule has 2 aliphatic heterocycles. The molecule has 7 nitrogen and oxygen atoms in total. The molecule has 1 aromatic rings. The number of sulfonamides is 1. The summed E-state index contributed by atoms with van der Waals surface area (Å²) in [6.45, 7) is 2.67. The number of carbonyl (C=O) groups is 1. The summed E-state index contributed by atoms with van der Waals surface area (Å²) in [5, 5.41) is 2.74. The topological polar surface area (TPSA) is 82.6 Å². The molecule has 1 amide bonds. The molecule has 21 heavy (non-hydrogen) atoms. The molecule has 0 unspecified atom stereocenters. The molecule has 3 heterocycles. The predicted molar refractivity (Wildman–Crippen MR) is 77.5 cm³/mol. The van der Waals surface area contributed by atoms with Crippen LogP contribution >= 0.6 is 0 Å². The van der Waals surface area contributed by atoms with E-state index in [1.807, 2.05) is 4.90 Å². The van der Waals surface area contributed by atoms with Crippen LogP contribution in [0, 0.1) is 0 Å². The van der Waals surface area contributed by atoms with Crippen LogP contribution in [0.1, 0.15) is 12.8 Å². The van der Waals surface area contributed by atoms with Crippen molar-refractivity contribution in [2.45, 2.75) is 17.7 Å². The Kier molecular flexibility index (Phi) is 3.81. The Morgan fingerprint density at radius 1 is 1.14 bits per heavy atom. The molecule has 0 aliphatic carbocycles. The van der Waals surface area contributed by atoms with Gasteiger partial charge in [0.1, 0.15) is 10.7 Å². The van der Waals surface area contributed by atoms with Crippen molar-refractivity contribution in [1.29, 1.82) is 0 Å². The monoisotopic (exact) mass is 310 g/mol. The summed E-state index contributed by atoms with van der Waals surface area (Å²) in [6.07, 6.45) is 3.21. The molecule has 3 rings (SSSR count). The lowest BCUT2D eigenvalue weighted by Crippen LogP contribution is -2.48. The van der Waals surface area contributed by atoms with Crippen LogP contribution in [0.5, 0.6) is 0 Å². The van der Waals surface area contributed by atoms with Crippen molar-refractivity contribution in [3.8, 4) is 0 Å². The van der Waals surface area contributed by atoms with Crippen molar-refractivity contribution in [3.63, 3.8) is 0 Å². The molecule has 0 atom stereocenters. The van der Waals surface area contributed by atoms with Crippen molar-refractivity contribution in [2.24, 2.45) is 0 Å². The van der Waals surface area contributed by atoms with Crippen molar-refractivity contribution in [2.75, 3.05) is 37.6 Å². The van der Waals surface area contributed by atoms with E-state index in [4.69, 9.17) is 0 Å². The highest BCUT2D eigenvalue weighted by atomic mass is 32.2. The Balaban J connectivity index is 1.79. The standard InChI is InChI=1S/C13H18N4O3S/c18-13-10-16(8-5-14-13)12-4-3-11(9-15-12)21(19,20)17-6-1-2-7-17/h3-4,9H,1-2,5-8,10H2,(H,14,18). The maximum absolute atomic E-state index is 12.4.